The quantitative estimate of drug-likeness (QED) is 0.740. The van der Waals surface area contributed by atoms with Crippen molar-refractivity contribution in [3.63, 3.8) is 0 Å². The molecule has 0 saturated carbocycles. The van der Waals surface area contributed by atoms with Crippen LogP contribution in [-0.2, 0) is 0 Å². The van der Waals surface area contributed by atoms with Crippen LogP contribution in [0.3, 0.4) is 0 Å². The lowest BCUT2D eigenvalue weighted by Gasteiger charge is -2.04. The van der Waals surface area contributed by atoms with Gasteiger partial charge in [-0.25, -0.2) is 0 Å². The van der Waals surface area contributed by atoms with Crippen LogP contribution < -0.4 is 5.32 Å². The molecule has 72 valence electrons. The minimum absolute atomic E-state index is 0.631. The maximum Gasteiger partial charge on any atom is 0.144 e. The summed E-state index contributed by atoms with van der Waals surface area (Å²) < 4.78 is 0. The summed E-state index contributed by atoms with van der Waals surface area (Å²) in [5.74, 6) is 0. The Bertz CT molecular complexity index is 394. The molecule has 0 spiro atoms. The zero-order valence-electron chi connectivity index (χ0n) is 7.50. The Balaban J connectivity index is 2.36. The third kappa shape index (κ3) is 1.67. The first-order valence-electron chi connectivity index (χ1n) is 4.28. The van der Waals surface area contributed by atoms with Crippen molar-refractivity contribution in [1.82, 2.24) is 5.32 Å². The number of aliphatic hydroxyl groups excluding tert-OH is 1. The second-order valence-electron chi connectivity index (χ2n) is 3.15. The van der Waals surface area contributed by atoms with Gasteiger partial charge in [0.05, 0.1) is 0 Å². The van der Waals surface area contributed by atoms with E-state index in [4.69, 9.17) is 11.6 Å². The van der Waals surface area contributed by atoms with Gasteiger partial charge in [-0.05, 0) is 23.8 Å². The van der Waals surface area contributed by atoms with E-state index in [1.54, 1.807) is 6.08 Å². The number of nitrogens with one attached hydrogen (secondary N) is 1. The Labute approximate surface area is 87.5 Å². The Morgan fingerprint density at radius 3 is 2.43 bits per heavy atom. The third-order valence-corrected chi connectivity index (χ3v) is 2.38. The predicted molar refractivity (Wildman–Crippen MR) is 57.7 cm³/mol. The molecule has 0 aromatic heterocycles. The van der Waals surface area contributed by atoms with Gasteiger partial charge in [-0.2, -0.15) is 0 Å². The van der Waals surface area contributed by atoms with Crippen molar-refractivity contribution in [3.05, 3.63) is 53.2 Å². The van der Waals surface area contributed by atoms with Crippen molar-refractivity contribution in [2.45, 2.75) is 6.23 Å². The fourth-order valence-electron chi connectivity index (χ4n) is 1.46. The molecule has 0 amide bonds. The summed E-state index contributed by atoms with van der Waals surface area (Å²) in [4.78, 5) is 0. The van der Waals surface area contributed by atoms with E-state index in [9.17, 15) is 5.11 Å². The molecule has 0 saturated heterocycles. The van der Waals surface area contributed by atoms with Gasteiger partial charge in [-0.1, -0.05) is 30.3 Å². The van der Waals surface area contributed by atoms with Crippen molar-refractivity contribution in [2.75, 3.05) is 0 Å². The Morgan fingerprint density at radius 1 is 1.29 bits per heavy atom. The summed E-state index contributed by atoms with van der Waals surface area (Å²) in [6.45, 7) is 3.81. The van der Waals surface area contributed by atoms with Crippen molar-refractivity contribution >= 4 is 17.2 Å². The first-order valence-corrected chi connectivity index (χ1v) is 4.66. The third-order valence-electron chi connectivity index (χ3n) is 2.13. The van der Waals surface area contributed by atoms with Crippen LogP contribution >= 0.6 is 11.6 Å². The van der Waals surface area contributed by atoms with Gasteiger partial charge < -0.3 is 10.4 Å². The smallest absolute Gasteiger partial charge is 0.144 e. The molecule has 1 unspecified atom stereocenters. The van der Waals surface area contributed by atoms with Crippen LogP contribution in [0.25, 0.3) is 5.57 Å². The second kappa shape index (κ2) is 3.48. The van der Waals surface area contributed by atoms with Crippen LogP contribution in [0.4, 0.5) is 0 Å². The van der Waals surface area contributed by atoms with Gasteiger partial charge in [0, 0.05) is 16.3 Å². The van der Waals surface area contributed by atoms with E-state index in [1.807, 2.05) is 24.3 Å². The minimum atomic E-state index is -0.631. The first-order chi connectivity index (χ1) is 6.66. The van der Waals surface area contributed by atoms with Gasteiger partial charge in [-0.15, -0.1) is 0 Å². The predicted octanol–water partition coefficient (Wildman–Crippen LogP) is 2.16. The number of hydrogen-bond donors (Lipinski definition) is 2. The average Bonchev–Trinajstić information content (AvgIpc) is 2.47. The zero-order valence-corrected chi connectivity index (χ0v) is 8.25. The highest BCUT2D eigenvalue weighted by atomic mass is 35.5. The highest BCUT2D eigenvalue weighted by Gasteiger charge is 2.16. The molecule has 3 heteroatoms. The summed E-state index contributed by atoms with van der Waals surface area (Å²) in [6.07, 6.45) is 1.10. The highest BCUT2D eigenvalue weighted by molar-refractivity contribution is 6.30. The molecule has 2 N–H and O–H groups in total. The maximum absolute atomic E-state index is 9.31. The number of rotatable bonds is 1. The molecular formula is C11H10ClNO. The summed E-state index contributed by atoms with van der Waals surface area (Å²) in [5.41, 5.74) is 2.66. The maximum atomic E-state index is 9.31. The van der Waals surface area contributed by atoms with E-state index in [1.165, 1.54) is 0 Å². The van der Waals surface area contributed by atoms with Gasteiger partial charge in [0.15, 0.2) is 0 Å². The van der Waals surface area contributed by atoms with E-state index in [2.05, 4.69) is 11.9 Å². The molecule has 1 atom stereocenters. The highest BCUT2D eigenvalue weighted by Crippen LogP contribution is 2.26. The summed E-state index contributed by atoms with van der Waals surface area (Å²) in [7, 11) is 0. The monoisotopic (exact) mass is 207 g/mol. The van der Waals surface area contributed by atoms with E-state index in [0.29, 0.717) is 5.02 Å². The number of benzene rings is 1. The van der Waals surface area contributed by atoms with Crippen molar-refractivity contribution in [1.29, 1.82) is 0 Å². The van der Waals surface area contributed by atoms with E-state index < -0.39 is 6.23 Å². The molecule has 0 aliphatic carbocycles. The average molecular weight is 208 g/mol. The zero-order chi connectivity index (χ0) is 10.1. The SMILES string of the molecule is C=C1NC(O)C=C1c1ccc(Cl)cc1. The van der Waals surface area contributed by atoms with Gasteiger partial charge in [0.2, 0.25) is 0 Å². The van der Waals surface area contributed by atoms with Crippen LogP contribution in [0.1, 0.15) is 5.56 Å². The lowest BCUT2D eigenvalue weighted by Crippen LogP contribution is -2.18. The molecule has 1 aliphatic rings. The molecule has 2 rings (SSSR count). The van der Waals surface area contributed by atoms with Crippen molar-refractivity contribution in [2.24, 2.45) is 0 Å². The normalized spacial score (nSPS) is 20.6. The lowest BCUT2D eigenvalue weighted by molar-refractivity contribution is 0.206. The Hall–Kier alpha value is -1.25. The van der Waals surface area contributed by atoms with Crippen LogP contribution in [-0.4, -0.2) is 11.3 Å². The molecular weight excluding hydrogens is 198 g/mol. The van der Waals surface area contributed by atoms with Crippen LogP contribution in [0.15, 0.2) is 42.6 Å². The van der Waals surface area contributed by atoms with Gasteiger partial charge >= 0.3 is 0 Å². The largest absolute Gasteiger partial charge is 0.370 e. The number of halogens is 1. The molecule has 0 fully saturated rings. The standard InChI is InChI=1S/C11H10ClNO/c1-7-10(6-11(14)13-7)8-2-4-9(12)5-3-8/h2-6,11,13-14H,1H2. The number of hydrogen-bond acceptors (Lipinski definition) is 2. The van der Waals surface area contributed by atoms with Gasteiger partial charge in [-0.3, -0.25) is 0 Å². The van der Waals surface area contributed by atoms with E-state index >= 15 is 0 Å². The van der Waals surface area contributed by atoms with Crippen molar-refractivity contribution < 1.29 is 5.11 Å². The van der Waals surface area contributed by atoms with E-state index in [-0.39, 0.29) is 0 Å². The van der Waals surface area contributed by atoms with Crippen LogP contribution in [0, 0.1) is 0 Å². The molecule has 14 heavy (non-hydrogen) atoms. The fraction of sp³-hybridized carbons (Fsp3) is 0.0909. The van der Waals surface area contributed by atoms with Crippen LogP contribution in [0.5, 0.6) is 0 Å². The van der Waals surface area contributed by atoms with E-state index in [0.717, 1.165) is 16.8 Å². The summed E-state index contributed by atoms with van der Waals surface area (Å²) >= 11 is 5.78. The molecule has 0 bridgehead atoms. The lowest BCUT2D eigenvalue weighted by atomic mass is 10.1. The topological polar surface area (TPSA) is 32.3 Å². The minimum Gasteiger partial charge on any atom is -0.370 e. The molecule has 1 heterocycles. The number of allylic oxidation sites excluding steroid dienone is 1. The second-order valence-corrected chi connectivity index (χ2v) is 3.59. The molecule has 1 aliphatic heterocycles. The number of aliphatic hydroxyl groups is 1. The molecule has 0 radical (unpaired) electrons. The Morgan fingerprint density at radius 2 is 1.93 bits per heavy atom. The van der Waals surface area contributed by atoms with Crippen LogP contribution in [0.2, 0.25) is 5.02 Å². The fourth-order valence-corrected chi connectivity index (χ4v) is 1.58. The summed E-state index contributed by atoms with van der Waals surface area (Å²) in [6, 6.07) is 7.43. The summed E-state index contributed by atoms with van der Waals surface area (Å²) in [5, 5.41) is 12.8. The Kier molecular flexibility index (Phi) is 2.32. The molecule has 2 nitrogen and oxygen atoms in total. The first kappa shape index (κ1) is 9.31. The van der Waals surface area contributed by atoms with Gasteiger partial charge in [0.25, 0.3) is 0 Å². The van der Waals surface area contributed by atoms with Crippen molar-refractivity contribution in [3.8, 4) is 0 Å². The van der Waals surface area contributed by atoms with Gasteiger partial charge in [0.1, 0.15) is 6.23 Å². The molecule has 1 aromatic rings. The molecule has 1 aromatic carbocycles.